The number of carboxylic acid groups (broad SMARTS) is 1. The Morgan fingerprint density at radius 3 is 2.22 bits per heavy atom. The number of aliphatic carboxylic acids is 1. The molecule has 1 amide bonds. The molecule has 6 N–H and O–H groups in total. The van der Waals surface area contributed by atoms with E-state index in [2.05, 4.69) is 72.4 Å². The van der Waals surface area contributed by atoms with Gasteiger partial charge in [-0.3, -0.25) is 19.2 Å². The van der Waals surface area contributed by atoms with Gasteiger partial charge in [-0.25, -0.2) is 0 Å². The highest BCUT2D eigenvalue weighted by atomic mass is 16.6. The van der Waals surface area contributed by atoms with E-state index in [0.29, 0.717) is 40.2 Å². The van der Waals surface area contributed by atoms with Crippen LogP contribution in [0.15, 0.2) is 11.4 Å². The molecule has 0 aromatic carbocycles. The molecule has 2 aliphatic rings. The third-order valence-electron chi connectivity index (χ3n) is 10.7. The van der Waals surface area contributed by atoms with Crippen molar-refractivity contribution < 1.29 is 38.5 Å². The molecule has 3 aromatic heterocycles. The van der Waals surface area contributed by atoms with E-state index in [0.717, 1.165) is 57.3 Å². The quantitative estimate of drug-likeness (QED) is 0.105. The predicted octanol–water partition coefficient (Wildman–Crippen LogP) is 4.04. The number of carbonyl (C=O) groups is 4. The average Bonchev–Trinajstić information content (AvgIpc) is 3.81. The van der Waals surface area contributed by atoms with Crippen molar-refractivity contribution in [2.24, 2.45) is 11.8 Å². The lowest BCUT2D eigenvalue weighted by atomic mass is 9.85. The molecule has 8 bridgehead atoms. The van der Waals surface area contributed by atoms with E-state index in [1.807, 2.05) is 13.0 Å². The van der Waals surface area contributed by atoms with Gasteiger partial charge in [-0.2, -0.15) is 0 Å². The van der Waals surface area contributed by atoms with Crippen LogP contribution in [0.1, 0.15) is 108 Å². The normalized spacial score (nSPS) is 16.3. The van der Waals surface area contributed by atoms with Gasteiger partial charge >= 0.3 is 17.9 Å². The van der Waals surface area contributed by atoms with Gasteiger partial charge < -0.3 is 44.9 Å². The first kappa shape index (κ1) is 39.9. The Morgan fingerprint density at radius 1 is 0.852 bits per heavy atom. The maximum atomic E-state index is 14.2. The highest BCUT2D eigenvalue weighted by Gasteiger charge is 2.37. The monoisotopic (exact) mass is 743 g/mol. The molecule has 290 valence electrons. The van der Waals surface area contributed by atoms with Gasteiger partial charge in [0.1, 0.15) is 6.61 Å². The highest BCUT2D eigenvalue weighted by molar-refractivity contribution is 6.03. The minimum absolute atomic E-state index is 0.0821. The molecule has 2 unspecified atom stereocenters. The van der Waals surface area contributed by atoms with Crippen LogP contribution in [0.4, 0.5) is 0 Å². The van der Waals surface area contributed by atoms with Crippen molar-refractivity contribution in [1.29, 1.82) is 0 Å². The van der Waals surface area contributed by atoms with Crippen LogP contribution < -0.4 is 21.3 Å². The molecule has 5 rings (SSSR count). The lowest BCUT2D eigenvalue weighted by molar-refractivity contribution is -0.142. The van der Waals surface area contributed by atoms with Gasteiger partial charge in [-0.05, 0) is 86.1 Å². The molecule has 0 radical (unpaired) electrons. The molecule has 3 aromatic rings. The fourth-order valence-corrected chi connectivity index (χ4v) is 7.69. The summed E-state index contributed by atoms with van der Waals surface area (Å²) in [4.78, 5) is 61.3. The second-order valence-electron chi connectivity index (χ2n) is 13.9. The Labute approximate surface area is 315 Å². The van der Waals surface area contributed by atoms with Gasteiger partial charge in [0.15, 0.2) is 0 Å². The summed E-state index contributed by atoms with van der Waals surface area (Å²) in [7, 11) is 1.32. The van der Waals surface area contributed by atoms with Gasteiger partial charge in [-0.1, -0.05) is 20.8 Å². The molecule has 54 heavy (non-hydrogen) atoms. The Kier molecular flexibility index (Phi) is 12.7. The highest BCUT2D eigenvalue weighted by Crippen LogP contribution is 2.43. The summed E-state index contributed by atoms with van der Waals surface area (Å²) in [6, 6.07) is 0. The van der Waals surface area contributed by atoms with Crippen LogP contribution in [0.25, 0.3) is 23.8 Å². The predicted molar refractivity (Wildman–Crippen MR) is 206 cm³/mol. The molecular weight excluding hydrogens is 690 g/mol. The fourth-order valence-electron chi connectivity index (χ4n) is 7.69. The van der Waals surface area contributed by atoms with Gasteiger partial charge in [0, 0.05) is 76.5 Å². The molecule has 5 heterocycles. The summed E-state index contributed by atoms with van der Waals surface area (Å²) >= 11 is 0. The van der Waals surface area contributed by atoms with Crippen molar-refractivity contribution in [3.8, 4) is 0 Å². The van der Waals surface area contributed by atoms with Crippen LogP contribution in [0.2, 0.25) is 0 Å². The zero-order chi connectivity index (χ0) is 39.3. The molecule has 2 aliphatic heterocycles. The Morgan fingerprint density at radius 2 is 1.56 bits per heavy atom. The van der Waals surface area contributed by atoms with E-state index >= 15 is 0 Å². The summed E-state index contributed by atoms with van der Waals surface area (Å²) in [6.45, 7) is 14.4. The number of amides is 1. The summed E-state index contributed by atoms with van der Waals surface area (Å²) in [5, 5.41) is 18.2. The third-order valence-corrected chi connectivity index (χ3v) is 10.7. The molecule has 13 nitrogen and oxygen atoms in total. The summed E-state index contributed by atoms with van der Waals surface area (Å²) in [6.07, 6.45) is 7.89. The number of aromatic nitrogens is 3. The molecule has 0 spiro atoms. The number of hydrogen-bond acceptors (Lipinski definition) is 8. The Bertz CT molecular complexity index is 2130. The number of carbonyl (C=O) groups excluding carboxylic acids is 3. The van der Waals surface area contributed by atoms with Crippen LogP contribution in [0.3, 0.4) is 0 Å². The number of H-pyrrole nitrogens is 3. The average molecular weight is 744 g/mol. The summed E-state index contributed by atoms with van der Waals surface area (Å²) in [5.41, 5.74) is 10.7. The van der Waals surface area contributed by atoms with Gasteiger partial charge in [-0.15, -0.1) is 0 Å². The number of rotatable bonds is 14. The molecule has 2 atom stereocenters. The Hall–Kier alpha value is -5.30. The second-order valence-corrected chi connectivity index (χ2v) is 13.9. The first-order valence-corrected chi connectivity index (χ1v) is 18.6. The number of aromatic amines is 3. The molecule has 0 saturated carbocycles. The van der Waals surface area contributed by atoms with E-state index in [4.69, 9.17) is 14.2 Å². The van der Waals surface area contributed by atoms with Crippen LogP contribution in [0, 0.1) is 32.6 Å². The molecule has 13 heteroatoms. The standard InChI is InChI=1S/C41H53N5O8/c1-9-26-21(3)30-18-32-23(5)28(11-12-36(48)49)39(45-32)29(17-37(50)52-8)40-38(41(51)42-13-14-53-15-16-54-25(7)47)24(6)33(46-40)20-35-27(10-2)22(4)31(44-35)19-34(26)43-30/h18-20,23,28,43-46H,9-17H2,1-8H3,(H,42,51)(H,48,49). The van der Waals surface area contributed by atoms with Crippen molar-refractivity contribution in [3.05, 3.63) is 78.2 Å². The van der Waals surface area contributed by atoms with Gasteiger partial charge in [0.25, 0.3) is 5.91 Å². The van der Waals surface area contributed by atoms with Crippen molar-refractivity contribution in [3.63, 3.8) is 0 Å². The first-order valence-electron chi connectivity index (χ1n) is 18.6. The van der Waals surface area contributed by atoms with Crippen LogP contribution in [0.5, 0.6) is 0 Å². The number of fused-ring (bicyclic) bond motifs is 8. The second kappa shape index (κ2) is 17.2. The topological polar surface area (TPSA) is 188 Å². The summed E-state index contributed by atoms with van der Waals surface area (Å²) < 4.78 is 15.7. The zero-order valence-corrected chi connectivity index (χ0v) is 32.6. The smallest absolute Gasteiger partial charge is 0.310 e. The SMILES string of the molecule is CCc1c2[nH]c(c1C)C=C1NC(=C(CC(=O)OC)c3[nH]c(c(C)c3C(=O)NCCOCCOC(C)=O)C=c3[nH]c(c(C)c3CC)=C2)C(CCC(=O)O)C1C. The van der Waals surface area contributed by atoms with Crippen LogP contribution in [-0.2, 0) is 41.4 Å². The lowest BCUT2D eigenvalue weighted by Crippen LogP contribution is -2.29. The molecule has 1 fully saturated rings. The van der Waals surface area contributed by atoms with Gasteiger partial charge in [0.05, 0.1) is 38.0 Å². The fraction of sp³-hybridized carbons (Fsp3) is 0.463. The van der Waals surface area contributed by atoms with E-state index in [-0.39, 0.29) is 57.0 Å². The zero-order valence-electron chi connectivity index (χ0n) is 32.6. The largest absolute Gasteiger partial charge is 0.481 e. The van der Waals surface area contributed by atoms with Crippen molar-refractivity contribution in [1.82, 2.24) is 25.6 Å². The Balaban J connectivity index is 1.77. The van der Waals surface area contributed by atoms with E-state index in [1.54, 1.807) is 0 Å². The first-order chi connectivity index (χ1) is 25.8. The number of hydrogen-bond donors (Lipinski definition) is 6. The molecular formula is C41H53N5O8. The number of allylic oxidation sites excluding steroid dienone is 2. The maximum absolute atomic E-state index is 14.2. The number of nitrogens with one attached hydrogen (secondary N) is 5. The van der Waals surface area contributed by atoms with E-state index < -0.39 is 17.9 Å². The van der Waals surface area contributed by atoms with Crippen LogP contribution in [-0.4, -0.2) is 77.3 Å². The maximum Gasteiger partial charge on any atom is 0.310 e. The van der Waals surface area contributed by atoms with Crippen molar-refractivity contribution >= 4 is 47.6 Å². The van der Waals surface area contributed by atoms with Gasteiger partial charge in [0.2, 0.25) is 0 Å². The number of ether oxygens (including phenoxy) is 3. The van der Waals surface area contributed by atoms with E-state index in [9.17, 15) is 24.3 Å². The van der Waals surface area contributed by atoms with Crippen LogP contribution >= 0.6 is 0 Å². The third kappa shape index (κ3) is 8.41. The molecule has 1 saturated heterocycles. The minimum atomic E-state index is -0.922. The van der Waals surface area contributed by atoms with Crippen molar-refractivity contribution in [2.45, 2.75) is 80.6 Å². The minimum Gasteiger partial charge on any atom is -0.481 e. The van der Waals surface area contributed by atoms with E-state index in [1.165, 1.54) is 19.6 Å². The molecule has 0 aliphatic carbocycles. The number of esters is 2. The lowest BCUT2D eigenvalue weighted by Gasteiger charge is -2.19. The van der Waals surface area contributed by atoms with Crippen molar-refractivity contribution in [2.75, 3.05) is 33.5 Å². The number of methoxy groups -OCH3 is 1. The summed E-state index contributed by atoms with van der Waals surface area (Å²) in [5.74, 6) is -2.66. The number of carboxylic acids is 1.